The molecule has 1 amide bonds. The Morgan fingerprint density at radius 2 is 2.04 bits per heavy atom. The molecule has 1 aromatic heterocycles. The van der Waals surface area contributed by atoms with Crippen LogP contribution < -0.4 is 14.8 Å². The van der Waals surface area contributed by atoms with Gasteiger partial charge in [0.15, 0.2) is 0 Å². The van der Waals surface area contributed by atoms with Crippen molar-refractivity contribution in [3.8, 4) is 11.5 Å². The zero-order valence-electron chi connectivity index (χ0n) is 12.9. The van der Waals surface area contributed by atoms with Crippen molar-refractivity contribution in [1.82, 2.24) is 9.97 Å². The zero-order valence-corrected chi connectivity index (χ0v) is 12.9. The van der Waals surface area contributed by atoms with Crippen molar-refractivity contribution >= 4 is 22.6 Å². The van der Waals surface area contributed by atoms with Crippen molar-refractivity contribution in [3.05, 3.63) is 48.3 Å². The highest BCUT2D eigenvalue weighted by Gasteiger charge is 2.10. The molecule has 1 heterocycles. The Morgan fingerprint density at radius 3 is 2.83 bits per heavy atom. The second-order valence-corrected chi connectivity index (χ2v) is 5.05. The van der Waals surface area contributed by atoms with Gasteiger partial charge in [0, 0.05) is 6.07 Å². The topological polar surface area (TPSA) is 76.2 Å². The smallest absolute Gasteiger partial charge is 0.228 e. The number of ether oxygens (including phenoxy) is 2. The number of anilines is 1. The molecule has 3 rings (SSSR count). The minimum atomic E-state index is -0.118. The van der Waals surface area contributed by atoms with Gasteiger partial charge in [-0.05, 0) is 29.8 Å². The molecule has 118 valence electrons. The lowest BCUT2D eigenvalue weighted by molar-refractivity contribution is -0.115. The maximum absolute atomic E-state index is 12.3. The van der Waals surface area contributed by atoms with Crippen LogP contribution in [0.2, 0.25) is 0 Å². The van der Waals surface area contributed by atoms with Gasteiger partial charge in [-0.15, -0.1) is 0 Å². The van der Waals surface area contributed by atoms with Crippen LogP contribution in [0.4, 0.5) is 5.69 Å². The van der Waals surface area contributed by atoms with E-state index in [1.165, 1.54) is 0 Å². The molecule has 2 N–H and O–H groups in total. The highest BCUT2D eigenvalue weighted by atomic mass is 16.5. The van der Waals surface area contributed by atoms with Crippen LogP contribution in [0.3, 0.4) is 0 Å². The second-order valence-electron chi connectivity index (χ2n) is 5.05. The Labute approximate surface area is 133 Å². The summed E-state index contributed by atoms with van der Waals surface area (Å²) in [6, 6.07) is 11.0. The molecule has 0 saturated heterocycles. The number of carbonyl (C=O) groups is 1. The number of nitrogens with zero attached hydrogens (tertiary/aromatic N) is 1. The van der Waals surface area contributed by atoms with E-state index in [1.807, 2.05) is 18.2 Å². The van der Waals surface area contributed by atoms with Crippen LogP contribution in [0, 0.1) is 0 Å². The van der Waals surface area contributed by atoms with E-state index in [0.717, 1.165) is 16.6 Å². The number of benzene rings is 2. The number of hydrogen-bond donors (Lipinski definition) is 2. The number of carbonyl (C=O) groups excluding carboxylic acids is 1. The van der Waals surface area contributed by atoms with Crippen molar-refractivity contribution in [3.63, 3.8) is 0 Å². The molecule has 0 atom stereocenters. The monoisotopic (exact) mass is 311 g/mol. The van der Waals surface area contributed by atoms with E-state index in [0.29, 0.717) is 17.2 Å². The van der Waals surface area contributed by atoms with E-state index in [2.05, 4.69) is 15.3 Å². The van der Waals surface area contributed by atoms with Crippen LogP contribution in [0.5, 0.6) is 11.5 Å². The average Bonchev–Trinajstić information content (AvgIpc) is 3.02. The molecular weight excluding hydrogens is 294 g/mol. The fourth-order valence-corrected chi connectivity index (χ4v) is 2.37. The van der Waals surface area contributed by atoms with E-state index in [9.17, 15) is 4.79 Å². The van der Waals surface area contributed by atoms with Gasteiger partial charge in [-0.2, -0.15) is 0 Å². The van der Waals surface area contributed by atoms with Gasteiger partial charge in [0.05, 0.1) is 43.7 Å². The SMILES string of the molecule is COc1ccc(NC(=O)Cc2ccc3nc[nH]c3c2)c(OC)c1. The number of methoxy groups -OCH3 is 2. The van der Waals surface area contributed by atoms with Crippen LogP contribution in [-0.2, 0) is 11.2 Å². The Bertz CT molecular complexity index is 842. The van der Waals surface area contributed by atoms with Gasteiger partial charge in [0.1, 0.15) is 11.5 Å². The van der Waals surface area contributed by atoms with Gasteiger partial charge in [0.25, 0.3) is 0 Å². The molecule has 0 unspecified atom stereocenters. The third-order valence-electron chi connectivity index (χ3n) is 3.53. The minimum absolute atomic E-state index is 0.118. The van der Waals surface area contributed by atoms with Crippen LogP contribution >= 0.6 is 0 Å². The van der Waals surface area contributed by atoms with Crippen molar-refractivity contribution in [1.29, 1.82) is 0 Å². The Morgan fingerprint density at radius 1 is 1.17 bits per heavy atom. The minimum Gasteiger partial charge on any atom is -0.497 e. The lowest BCUT2D eigenvalue weighted by Crippen LogP contribution is -2.15. The van der Waals surface area contributed by atoms with Gasteiger partial charge in [0.2, 0.25) is 5.91 Å². The van der Waals surface area contributed by atoms with E-state index in [-0.39, 0.29) is 12.3 Å². The summed E-state index contributed by atoms with van der Waals surface area (Å²) in [7, 11) is 3.13. The summed E-state index contributed by atoms with van der Waals surface area (Å²) in [5.74, 6) is 1.11. The standard InChI is InChI=1S/C17H17N3O3/c1-22-12-4-6-14(16(9-12)23-2)20-17(21)8-11-3-5-13-15(7-11)19-10-18-13/h3-7,9-10H,8H2,1-2H3,(H,18,19)(H,20,21). The number of hydrogen-bond acceptors (Lipinski definition) is 4. The first kappa shape index (κ1) is 14.9. The molecular formula is C17H17N3O3. The Balaban J connectivity index is 1.73. The van der Waals surface area contributed by atoms with Crippen molar-refractivity contribution in [2.75, 3.05) is 19.5 Å². The van der Waals surface area contributed by atoms with E-state index in [4.69, 9.17) is 9.47 Å². The quantitative estimate of drug-likeness (QED) is 0.759. The molecule has 2 aromatic carbocycles. The van der Waals surface area contributed by atoms with Gasteiger partial charge >= 0.3 is 0 Å². The Hall–Kier alpha value is -3.02. The third-order valence-corrected chi connectivity index (χ3v) is 3.53. The molecule has 0 radical (unpaired) electrons. The molecule has 0 spiro atoms. The number of imidazole rings is 1. The molecule has 6 heteroatoms. The number of amides is 1. The summed E-state index contributed by atoms with van der Waals surface area (Å²) in [4.78, 5) is 19.5. The normalized spacial score (nSPS) is 10.5. The summed E-state index contributed by atoms with van der Waals surface area (Å²) in [5.41, 5.74) is 3.32. The lowest BCUT2D eigenvalue weighted by Gasteiger charge is -2.11. The van der Waals surface area contributed by atoms with Gasteiger partial charge in [-0.3, -0.25) is 4.79 Å². The summed E-state index contributed by atoms with van der Waals surface area (Å²) in [5, 5.41) is 2.86. The predicted molar refractivity (Wildman–Crippen MR) is 88.0 cm³/mol. The number of rotatable bonds is 5. The number of fused-ring (bicyclic) bond motifs is 1. The number of aromatic nitrogens is 2. The second kappa shape index (κ2) is 6.39. The molecule has 0 bridgehead atoms. The maximum Gasteiger partial charge on any atom is 0.228 e. The van der Waals surface area contributed by atoms with Crippen LogP contribution in [0.1, 0.15) is 5.56 Å². The first-order valence-electron chi connectivity index (χ1n) is 7.13. The molecule has 0 aliphatic heterocycles. The Kier molecular flexibility index (Phi) is 4.14. The molecule has 3 aromatic rings. The van der Waals surface area contributed by atoms with Crippen LogP contribution in [-0.4, -0.2) is 30.1 Å². The third kappa shape index (κ3) is 3.26. The summed E-state index contributed by atoms with van der Waals surface area (Å²) < 4.78 is 10.4. The number of H-pyrrole nitrogens is 1. The summed E-state index contributed by atoms with van der Waals surface area (Å²) >= 11 is 0. The average molecular weight is 311 g/mol. The zero-order chi connectivity index (χ0) is 16.2. The van der Waals surface area contributed by atoms with Gasteiger partial charge < -0.3 is 19.8 Å². The molecule has 6 nitrogen and oxygen atoms in total. The molecule has 0 saturated carbocycles. The lowest BCUT2D eigenvalue weighted by atomic mass is 10.1. The number of nitrogens with one attached hydrogen (secondary N) is 2. The van der Waals surface area contributed by atoms with Crippen molar-refractivity contribution < 1.29 is 14.3 Å². The predicted octanol–water partition coefficient (Wildman–Crippen LogP) is 2.76. The molecule has 0 fully saturated rings. The van der Waals surface area contributed by atoms with Crippen molar-refractivity contribution in [2.24, 2.45) is 0 Å². The maximum atomic E-state index is 12.3. The van der Waals surface area contributed by atoms with Crippen molar-refractivity contribution in [2.45, 2.75) is 6.42 Å². The van der Waals surface area contributed by atoms with Gasteiger partial charge in [-0.1, -0.05) is 6.07 Å². The fraction of sp³-hybridized carbons (Fsp3) is 0.176. The van der Waals surface area contributed by atoms with Gasteiger partial charge in [-0.25, -0.2) is 4.98 Å². The molecule has 0 aliphatic rings. The van der Waals surface area contributed by atoms with Crippen LogP contribution in [0.15, 0.2) is 42.7 Å². The fourth-order valence-electron chi connectivity index (χ4n) is 2.37. The molecule has 0 aliphatic carbocycles. The summed E-state index contributed by atoms with van der Waals surface area (Å²) in [6.07, 6.45) is 1.90. The largest absolute Gasteiger partial charge is 0.497 e. The summed E-state index contributed by atoms with van der Waals surface area (Å²) in [6.45, 7) is 0. The van der Waals surface area contributed by atoms with E-state index < -0.39 is 0 Å². The first-order valence-corrected chi connectivity index (χ1v) is 7.13. The highest BCUT2D eigenvalue weighted by molar-refractivity contribution is 5.94. The first-order chi connectivity index (χ1) is 11.2. The van der Waals surface area contributed by atoms with E-state index >= 15 is 0 Å². The van der Waals surface area contributed by atoms with Crippen LogP contribution in [0.25, 0.3) is 11.0 Å². The highest BCUT2D eigenvalue weighted by Crippen LogP contribution is 2.29. The number of aromatic amines is 1. The van der Waals surface area contributed by atoms with E-state index in [1.54, 1.807) is 38.7 Å². The molecule has 23 heavy (non-hydrogen) atoms.